The molecule has 3 fully saturated rings. The monoisotopic (exact) mass is 527 g/mol. The maximum absolute atomic E-state index is 13.8. The molecule has 39 heavy (non-hydrogen) atoms. The number of nitrogens with zero attached hydrogens (tertiary/aromatic N) is 1. The largest absolute Gasteiger partial charge is 0.507 e. The Kier molecular flexibility index (Phi) is 7.15. The van der Waals surface area contributed by atoms with Crippen molar-refractivity contribution in [1.29, 1.82) is 0 Å². The van der Waals surface area contributed by atoms with Gasteiger partial charge in [0.2, 0.25) is 11.8 Å². The molecule has 2 aliphatic carbocycles. The van der Waals surface area contributed by atoms with E-state index in [1.165, 1.54) is 12.0 Å². The number of hydrogen-bond donors (Lipinski definition) is 2. The molecule has 0 bridgehead atoms. The number of imide groups is 1. The van der Waals surface area contributed by atoms with Crippen molar-refractivity contribution in [2.24, 2.45) is 17.8 Å². The summed E-state index contributed by atoms with van der Waals surface area (Å²) in [7, 11) is -0.938. The van der Waals surface area contributed by atoms with Crippen LogP contribution in [0, 0.1) is 17.8 Å². The van der Waals surface area contributed by atoms with E-state index in [0.717, 1.165) is 59.6 Å². The lowest BCUT2D eigenvalue weighted by atomic mass is 9.59. The molecular formula is C32H38BNO5. The van der Waals surface area contributed by atoms with Crippen LogP contribution in [-0.2, 0) is 14.2 Å². The van der Waals surface area contributed by atoms with Crippen molar-refractivity contribution in [3.63, 3.8) is 0 Å². The van der Waals surface area contributed by atoms with Crippen LogP contribution in [0.15, 0.2) is 53.1 Å². The van der Waals surface area contributed by atoms with E-state index < -0.39 is 7.12 Å². The lowest BCUT2D eigenvalue weighted by Gasteiger charge is -2.42. The van der Waals surface area contributed by atoms with Gasteiger partial charge in [-0.1, -0.05) is 66.8 Å². The number of aromatic hydroxyl groups is 1. The van der Waals surface area contributed by atoms with Crippen molar-refractivity contribution in [3.05, 3.63) is 58.7 Å². The third-order valence-corrected chi connectivity index (χ3v) is 9.56. The lowest BCUT2D eigenvalue weighted by molar-refractivity contribution is -0.143. The number of amides is 2. The molecule has 2 aromatic rings. The van der Waals surface area contributed by atoms with Crippen LogP contribution >= 0.6 is 0 Å². The maximum Gasteiger partial charge on any atom is 0.455 e. The molecule has 2 amide bonds. The van der Waals surface area contributed by atoms with Crippen LogP contribution in [0.5, 0.6) is 5.75 Å². The Morgan fingerprint density at radius 3 is 2.56 bits per heavy atom. The number of phenols is 1. The summed E-state index contributed by atoms with van der Waals surface area (Å²) in [4.78, 5) is 28.9. The molecule has 0 unspecified atom stereocenters. The molecule has 4 aliphatic rings. The molecule has 6 rings (SSSR count). The third kappa shape index (κ3) is 4.74. The first kappa shape index (κ1) is 26.3. The second-order valence-electron chi connectivity index (χ2n) is 12.1. The van der Waals surface area contributed by atoms with E-state index in [-0.39, 0.29) is 47.5 Å². The summed E-state index contributed by atoms with van der Waals surface area (Å²) in [6.45, 7) is 4.18. The minimum atomic E-state index is -0.938. The molecule has 2 heterocycles. The Hall–Kier alpha value is -2.90. The van der Waals surface area contributed by atoms with Gasteiger partial charge in [0.1, 0.15) is 5.75 Å². The molecule has 2 aromatic carbocycles. The fourth-order valence-electron chi connectivity index (χ4n) is 7.77. The van der Waals surface area contributed by atoms with Crippen molar-refractivity contribution in [2.45, 2.75) is 83.7 Å². The third-order valence-electron chi connectivity index (χ3n) is 9.56. The van der Waals surface area contributed by atoms with Crippen molar-refractivity contribution < 1.29 is 24.4 Å². The maximum atomic E-state index is 13.8. The summed E-state index contributed by atoms with van der Waals surface area (Å²) < 4.78 is 6.09. The number of benzene rings is 2. The number of phenolic OH excluding ortho intramolecular Hbond substituents is 1. The SMILES string of the molecule is CC1=C2[C@@H](CC/C(C)=C/c3ccc(O)c4ccccc34)OB(O)C[C@@H]2[C@@H]2C(=O)N(C3CCCCC3)C(=O)[C@@H]2C1. The Morgan fingerprint density at radius 1 is 1.05 bits per heavy atom. The summed E-state index contributed by atoms with van der Waals surface area (Å²) in [6.07, 6.45) is 9.47. The number of carbonyl (C=O) groups is 2. The molecule has 0 aromatic heterocycles. The molecule has 6 nitrogen and oxygen atoms in total. The van der Waals surface area contributed by atoms with Gasteiger partial charge in [0.15, 0.2) is 0 Å². The second kappa shape index (κ2) is 10.6. The van der Waals surface area contributed by atoms with E-state index in [4.69, 9.17) is 4.65 Å². The quantitative estimate of drug-likeness (QED) is 0.288. The molecule has 204 valence electrons. The van der Waals surface area contributed by atoms with Gasteiger partial charge in [0.05, 0.1) is 17.9 Å². The number of allylic oxidation sites excluding steroid dienone is 2. The highest BCUT2D eigenvalue weighted by Gasteiger charge is 2.57. The second-order valence-corrected chi connectivity index (χ2v) is 12.1. The Labute approximate surface area is 230 Å². The minimum Gasteiger partial charge on any atom is -0.507 e. The summed E-state index contributed by atoms with van der Waals surface area (Å²) in [5, 5.41) is 22.8. The fourth-order valence-corrected chi connectivity index (χ4v) is 7.77. The van der Waals surface area contributed by atoms with Gasteiger partial charge in [-0.05, 0) is 80.8 Å². The number of carbonyl (C=O) groups excluding carboxylic acids is 2. The van der Waals surface area contributed by atoms with Crippen LogP contribution in [-0.4, -0.2) is 46.1 Å². The van der Waals surface area contributed by atoms with Gasteiger partial charge < -0.3 is 14.8 Å². The standard InChI is InChI=1S/C32H38BNO5/c1-19(16-21-13-14-27(35)24-11-7-6-10-23(21)24)12-15-28-29-20(2)17-25-30(26(29)18-33(38)39-28)32(37)34(31(25)36)22-8-4-3-5-9-22/h6-7,10-11,13-14,16,22,25-26,28,30,35,38H,3-5,8-9,12,15,17-18H2,1-2H3/b19-16+/t25-,26+,28-,30-/m1/s1. The van der Waals surface area contributed by atoms with Crippen LogP contribution in [0.2, 0.25) is 6.32 Å². The average molecular weight is 527 g/mol. The smallest absolute Gasteiger partial charge is 0.455 e. The van der Waals surface area contributed by atoms with Crippen LogP contribution < -0.4 is 0 Å². The van der Waals surface area contributed by atoms with Gasteiger partial charge in [0.25, 0.3) is 0 Å². The van der Waals surface area contributed by atoms with Crippen LogP contribution in [0.25, 0.3) is 16.8 Å². The first-order valence-electron chi connectivity index (χ1n) is 14.6. The normalized spacial score (nSPS) is 28.3. The number of hydrogen-bond acceptors (Lipinski definition) is 5. The lowest BCUT2D eigenvalue weighted by Crippen LogP contribution is -2.46. The van der Waals surface area contributed by atoms with Gasteiger partial charge in [0, 0.05) is 11.4 Å². The van der Waals surface area contributed by atoms with Gasteiger partial charge in [-0.25, -0.2) is 0 Å². The van der Waals surface area contributed by atoms with Gasteiger partial charge in [-0.3, -0.25) is 14.5 Å². The van der Waals surface area contributed by atoms with Crippen LogP contribution in [0.4, 0.5) is 0 Å². The zero-order valence-corrected chi connectivity index (χ0v) is 22.9. The average Bonchev–Trinajstić information content (AvgIpc) is 3.18. The van der Waals surface area contributed by atoms with Gasteiger partial charge in [-0.15, -0.1) is 0 Å². The highest BCUT2D eigenvalue weighted by atomic mass is 16.5. The van der Waals surface area contributed by atoms with Gasteiger partial charge >= 0.3 is 7.12 Å². The first-order valence-corrected chi connectivity index (χ1v) is 14.6. The van der Waals surface area contributed by atoms with Crippen molar-refractivity contribution in [2.75, 3.05) is 0 Å². The van der Waals surface area contributed by atoms with E-state index >= 15 is 0 Å². The number of fused-ring (bicyclic) bond motifs is 4. The summed E-state index contributed by atoms with van der Waals surface area (Å²) in [6, 6.07) is 11.5. The topological polar surface area (TPSA) is 87.1 Å². The Balaban J connectivity index is 1.22. The number of likely N-dealkylation sites (tertiary alicyclic amines) is 1. The zero-order chi connectivity index (χ0) is 27.3. The molecule has 2 aliphatic heterocycles. The number of rotatable bonds is 5. The van der Waals surface area contributed by atoms with Crippen molar-refractivity contribution >= 4 is 35.8 Å². The van der Waals surface area contributed by atoms with E-state index in [9.17, 15) is 19.7 Å². The highest BCUT2D eigenvalue weighted by Crippen LogP contribution is 2.51. The Bertz CT molecular complexity index is 1360. The van der Waals surface area contributed by atoms with E-state index in [1.807, 2.05) is 30.3 Å². The molecule has 2 N–H and O–H groups in total. The molecular weight excluding hydrogens is 489 g/mol. The predicted molar refractivity (Wildman–Crippen MR) is 153 cm³/mol. The van der Waals surface area contributed by atoms with Crippen LogP contribution in [0.1, 0.15) is 70.8 Å². The summed E-state index contributed by atoms with van der Waals surface area (Å²) >= 11 is 0. The molecule has 7 heteroatoms. The van der Waals surface area contributed by atoms with Gasteiger partial charge in [-0.2, -0.15) is 0 Å². The molecule has 2 saturated heterocycles. The van der Waals surface area contributed by atoms with E-state index in [2.05, 4.69) is 19.9 Å². The molecule has 0 spiro atoms. The fraction of sp³-hybridized carbons (Fsp3) is 0.500. The molecule has 0 radical (unpaired) electrons. The highest BCUT2D eigenvalue weighted by molar-refractivity contribution is 6.43. The predicted octanol–water partition coefficient (Wildman–Crippen LogP) is 5.88. The van der Waals surface area contributed by atoms with E-state index in [1.54, 1.807) is 11.0 Å². The van der Waals surface area contributed by atoms with Crippen molar-refractivity contribution in [3.8, 4) is 5.75 Å². The summed E-state index contributed by atoms with van der Waals surface area (Å²) in [5.74, 6) is -0.561. The summed E-state index contributed by atoms with van der Waals surface area (Å²) in [5.41, 5.74) is 4.51. The zero-order valence-electron chi connectivity index (χ0n) is 22.9. The van der Waals surface area contributed by atoms with Crippen LogP contribution in [0.3, 0.4) is 0 Å². The minimum absolute atomic E-state index is 0.00716. The van der Waals surface area contributed by atoms with E-state index in [0.29, 0.717) is 19.2 Å². The first-order chi connectivity index (χ1) is 18.8. The van der Waals surface area contributed by atoms with Crippen molar-refractivity contribution in [1.82, 2.24) is 4.90 Å². The molecule has 1 saturated carbocycles. The Morgan fingerprint density at radius 2 is 1.79 bits per heavy atom. The molecule has 4 atom stereocenters.